The molecule has 8 heteroatoms. The number of carbonyl (C=O) groups is 2. The number of carboxylic acids is 1. The predicted octanol–water partition coefficient (Wildman–Crippen LogP) is 2.24. The van der Waals surface area contributed by atoms with E-state index < -0.39 is 11.9 Å². The van der Waals surface area contributed by atoms with Gasteiger partial charge >= 0.3 is 11.9 Å². The molecule has 0 fully saturated rings. The van der Waals surface area contributed by atoms with Crippen molar-refractivity contribution in [2.75, 3.05) is 6.61 Å². The van der Waals surface area contributed by atoms with Gasteiger partial charge in [0.2, 0.25) is 0 Å². The Kier molecular flexibility index (Phi) is 3.80. The summed E-state index contributed by atoms with van der Waals surface area (Å²) in [5.74, 6) is -1.39. The first kappa shape index (κ1) is 16.1. The van der Waals surface area contributed by atoms with E-state index in [0.717, 1.165) is 28.2 Å². The van der Waals surface area contributed by atoms with Crippen LogP contribution in [0.3, 0.4) is 0 Å². The molecular formula is C18H16N4O4. The Morgan fingerprint density at radius 3 is 2.73 bits per heavy atom. The van der Waals surface area contributed by atoms with E-state index in [1.54, 1.807) is 42.1 Å². The summed E-state index contributed by atoms with van der Waals surface area (Å²) in [6.07, 6.45) is 3.06. The molecule has 0 amide bonds. The largest absolute Gasteiger partial charge is 0.478 e. The van der Waals surface area contributed by atoms with Crippen LogP contribution in [0.5, 0.6) is 0 Å². The van der Waals surface area contributed by atoms with E-state index in [9.17, 15) is 9.59 Å². The van der Waals surface area contributed by atoms with Crippen molar-refractivity contribution in [2.45, 2.75) is 19.8 Å². The van der Waals surface area contributed by atoms with Gasteiger partial charge in [-0.05, 0) is 44.0 Å². The van der Waals surface area contributed by atoms with Crippen molar-refractivity contribution in [3.8, 4) is 16.9 Å². The van der Waals surface area contributed by atoms with Crippen molar-refractivity contribution >= 4 is 11.9 Å². The molecule has 1 aliphatic carbocycles. The number of fused-ring (bicyclic) bond motifs is 3. The second kappa shape index (κ2) is 6.14. The van der Waals surface area contributed by atoms with Crippen molar-refractivity contribution in [2.24, 2.45) is 0 Å². The van der Waals surface area contributed by atoms with Crippen LogP contribution in [0.4, 0.5) is 0 Å². The lowest BCUT2D eigenvalue weighted by molar-refractivity contribution is 0.0517. The van der Waals surface area contributed by atoms with E-state index in [-0.39, 0.29) is 5.56 Å². The molecule has 4 rings (SSSR count). The second-order valence-electron chi connectivity index (χ2n) is 5.92. The summed E-state index contributed by atoms with van der Waals surface area (Å²) in [6.45, 7) is 2.06. The first-order valence-electron chi connectivity index (χ1n) is 8.25. The molecule has 1 aliphatic rings. The molecule has 0 atom stereocenters. The molecule has 0 bridgehead atoms. The van der Waals surface area contributed by atoms with Crippen molar-refractivity contribution in [3.63, 3.8) is 0 Å². The third-order valence-electron chi connectivity index (χ3n) is 4.44. The van der Waals surface area contributed by atoms with Crippen molar-refractivity contribution < 1.29 is 19.4 Å². The van der Waals surface area contributed by atoms with Gasteiger partial charge in [-0.1, -0.05) is 0 Å². The minimum absolute atomic E-state index is 0.227. The van der Waals surface area contributed by atoms with Gasteiger partial charge in [0, 0.05) is 11.1 Å². The van der Waals surface area contributed by atoms with Crippen LogP contribution in [0, 0.1) is 0 Å². The monoisotopic (exact) mass is 352 g/mol. The molecule has 2 heterocycles. The zero-order chi connectivity index (χ0) is 18.3. The Morgan fingerprint density at radius 1 is 1.27 bits per heavy atom. The number of ether oxygens (including phenoxy) is 1. The van der Waals surface area contributed by atoms with Gasteiger partial charge in [-0.15, -0.1) is 0 Å². The summed E-state index contributed by atoms with van der Waals surface area (Å²) < 4.78 is 6.84. The molecule has 0 unspecified atom stereocenters. The first-order valence-corrected chi connectivity index (χ1v) is 8.25. The topological polar surface area (TPSA) is 110 Å². The van der Waals surface area contributed by atoms with E-state index in [2.05, 4.69) is 15.3 Å². The maximum absolute atomic E-state index is 12.0. The number of H-pyrrole nitrogens is 1. The van der Waals surface area contributed by atoms with Crippen LogP contribution in [0.1, 0.15) is 39.0 Å². The lowest BCUT2D eigenvalue weighted by Gasteiger charge is -2.15. The van der Waals surface area contributed by atoms with Crippen LogP contribution < -0.4 is 0 Å². The van der Waals surface area contributed by atoms with Gasteiger partial charge in [-0.2, -0.15) is 10.2 Å². The Bertz CT molecular complexity index is 1000. The number of aromatic carboxylic acids is 1. The normalized spacial score (nSPS) is 12.3. The van der Waals surface area contributed by atoms with E-state index >= 15 is 0 Å². The second-order valence-corrected chi connectivity index (χ2v) is 5.92. The van der Waals surface area contributed by atoms with E-state index in [4.69, 9.17) is 9.84 Å². The standard InChI is InChI=1S/C18H16N4O4/c1-2-26-18(25)16-12-7-8-14-13(15(12)20-21-16)9-19-22(14)11-5-3-10(4-6-11)17(23)24/h3-6,9H,2,7-8H2,1H3,(H,20,21)(H,23,24). The summed E-state index contributed by atoms with van der Waals surface area (Å²) in [4.78, 5) is 23.0. The Hall–Kier alpha value is -3.42. The lowest BCUT2D eigenvalue weighted by atomic mass is 9.94. The van der Waals surface area contributed by atoms with Crippen LogP contribution in [0.25, 0.3) is 16.9 Å². The number of esters is 1. The predicted molar refractivity (Wildman–Crippen MR) is 91.5 cm³/mol. The fourth-order valence-corrected chi connectivity index (χ4v) is 3.23. The highest BCUT2D eigenvalue weighted by Crippen LogP contribution is 2.34. The van der Waals surface area contributed by atoms with Crippen molar-refractivity contribution in [1.82, 2.24) is 20.0 Å². The number of carbonyl (C=O) groups excluding carboxylic acids is 1. The molecular weight excluding hydrogens is 336 g/mol. The Balaban J connectivity index is 1.72. The molecule has 3 aromatic rings. The van der Waals surface area contributed by atoms with Gasteiger partial charge in [0.1, 0.15) is 0 Å². The number of hydrogen-bond acceptors (Lipinski definition) is 5. The van der Waals surface area contributed by atoms with Gasteiger partial charge in [-0.3, -0.25) is 5.10 Å². The van der Waals surface area contributed by atoms with Gasteiger partial charge < -0.3 is 9.84 Å². The minimum atomic E-state index is -0.965. The van der Waals surface area contributed by atoms with Crippen LogP contribution >= 0.6 is 0 Å². The first-order chi connectivity index (χ1) is 12.6. The highest BCUT2D eigenvalue weighted by molar-refractivity contribution is 5.92. The summed E-state index contributed by atoms with van der Waals surface area (Å²) in [5.41, 5.74) is 4.83. The highest BCUT2D eigenvalue weighted by Gasteiger charge is 2.28. The molecule has 0 saturated carbocycles. The number of rotatable bonds is 4. The Morgan fingerprint density at radius 2 is 2.04 bits per heavy atom. The van der Waals surface area contributed by atoms with Gasteiger partial charge in [0.25, 0.3) is 0 Å². The van der Waals surface area contributed by atoms with Crippen molar-refractivity contribution in [1.29, 1.82) is 0 Å². The summed E-state index contributed by atoms with van der Waals surface area (Å²) in [5, 5.41) is 20.5. The summed E-state index contributed by atoms with van der Waals surface area (Å²) >= 11 is 0. The van der Waals surface area contributed by atoms with Crippen molar-refractivity contribution in [3.05, 3.63) is 53.0 Å². The average molecular weight is 352 g/mol. The molecule has 26 heavy (non-hydrogen) atoms. The lowest BCUT2D eigenvalue weighted by Crippen LogP contribution is -2.12. The molecule has 2 N–H and O–H groups in total. The molecule has 8 nitrogen and oxygen atoms in total. The summed E-state index contributed by atoms with van der Waals surface area (Å²) in [6, 6.07) is 6.55. The maximum atomic E-state index is 12.0. The molecule has 0 spiro atoms. The van der Waals surface area contributed by atoms with Crippen LogP contribution in [0.2, 0.25) is 0 Å². The van der Waals surface area contributed by atoms with E-state index in [0.29, 0.717) is 25.1 Å². The van der Waals surface area contributed by atoms with Gasteiger partial charge in [-0.25, -0.2) is 14.3 Å². The zero-order valence-electron chi connectivity index (χ0n) is 14.0. The number of benzene rings is 1. The zero-order valence-corrected chi connectivity index (χ0v) is 14.0. The van der Waals surface area contributed by atoms with E-state index in [1.165, 1.54) is 0 Å². The number of aromatic nitrogens is 4. The quantitative estimate of drug-likeness (QED) is 0.697. The van der Waals surface area contributed by atoms with Gasteiger partial charge in [0.05, 0.1) is 35.4 Å². The molecule has 0 radical (unpaired) electrons. The Labute approximate surface area is 148 Å². The number of hydrogen-bond donors (Lipinski definition) is 2. The smallest absolute Gasteiger partial charge is 0.359 e. The SMILES string of the molecule is CCOC(=O)c1n[nH]c2c1CCc1c-2cnn1-c1ccc(C(=O)O)cc1. The number of nitrogens with zero attached hydrogens (tertiary/aromatic N) is 3. The van der Waals surface area contributed by atoms with Gasteiger partial charge in [0.15, 0.2) is 5.69 Å². The molecule has 2 aromatic heterocycles. The van der Waals surface area contributed by atoms with Crippen LogP contribution in [-0.4, -0.2) is 43.6 Å². The molecule has 0 aliphatic heterocycles. The third-order valence-corrected chi connectivity index (χ3v) is 4.44. The number of aromatic amines is 1. The van der Waals surface area contributed by atoms with E-state index in [1.807, 2.05) is 0 Å². The fourth-order valence-electron chi connectivity index (χ4n) is 3.23. The molecule has 0 saturated heterocycles. The fraction of sp³-hybridized carbons (Fsp3) is 0.222. The van der Waals surface area contributed by atoms with Crippen LogP contribution in [0.15, 0.2) is 30.5 Å². The summed E-state index contributed by atoms with van der Waals surface area (Å²) in [7, 11) is 0. The molecule has 1 aromatic carbocycles. The average Bonchev–Trinajstić information content (AvgIpc) is 3.25. The number of carboxylic acid groups (broad SMARTS) is 1. The third kappa shape index (κ3) is 2.46. The highest BCUT2D eigenvalue weighted by atomic mass is 16.5. The van der Waals surface area contributed by atoms with Crippen LogP contribution in [-0.2, 0) is 17.6 Å². The molecule has 132 valence electrons. The minimum Gasteiger partial charge on any atom is -0.478 e. The maximum Gasteiger partial charge on any atom is 0.359 e. The number of nitrogens with one attached hydrogen (secondary N) is 1.